The van der Waals surface area contributed by atoms with E-state index in [0.717, 1.165) is 17.8 Å². The lowest BCUT2D eigenvalue weighted by atomic mass is 9.85. The van der Waals surface area contributed by atoms with Crippen molar-refractivity contribution in [1.82, 2.24) is 5.32 Å². The maximum absolute atomic E-state index is 3.57. The van der Waals surface area contributed by atoms with Gasteiger partial charge in [0.1, 0.15) is 0 Å². The maximum atomic E-state index is 3.57. The van der Waals surface area contributed by atoms with E-state index in [4.69, 9.17) is 0 Å². The Hall–Kier alpha value is -0.0400. The lowest BCUT2D eigenvalue weighted by Gasteiger charge is -2.22. The highest BCUT2D eigenvalue weighted by molar-refractivity contribution is 4.71. The molecule has 1 rings (SSSR count). The lowest BCUT2D eigenvalue weighted by molar-refractivity contribution is 0.298. The average molecular weight is 225 g/mol. The monoisotopic (exact) mass is 225 g/mol. The van der Waals surface area contributed by atoms with Gasteiger partial charge in [0.2, 0.25) is 0 Å². The summed E-state index contributed by atoms with van der Waals surface area (Å²) in [6, 6.07) is 0. The molecule has 0 heterocycles. The van der Waals surface area contributed by atoms with E-state index in [9.17, 15) is 0 Å². The van der Waals surface area contributed by atoms with Crippen LogP contribution < -0.4 is 5.32 Å². The molecular weight excluding hydrogens is 194 g/mol. The molecule has 1 saturated carbocycles. The molecule has 1 N–H and O–H groups in total. The fourth-order valence-electron chi connectivity index (χ4n) is 2.84. The predicted molar refractivity (Wildman–Crippen MR) is 72.7 cm³/mol. The van der Waals surface area contributed by atoms with E-state index in [1.165, 1.54) is 58.0 Å². The van der Waals surface area contributed by atoms with Gasteiger partial charge in [-0.05, 0) is 37.3 Å². The zero-order valence-corrected chi connectivity index (χ0v) is 11.6. The van der Waals surface area contributed by atoms with Gasteiger partial charge in [0.25, 0.3) is 0 Å². The van der Waals surface area contributed by atoms with Gasteiger partial charge >= 0.3 is 0 Å². The third kappa shape index (κ3) is 5.89. The van der Waals surface area contributed by atoms with E-state index >= 15 is 0 Å². The first-order chi connectivity index (χ1) is 7.70. The first kappa shape index (κ1) is 14.0. The normalized spacial score (nSPS) is 21.0. The third-order valence-electron chi connectivity index (χ3n) is 4.03. The molecule has 0 aromatic heterocycles. The Labute approximate surface area is 102 Å². The first-order valence-corrected chi connectivity index (χ1v) is 7.41. The zero-order valence-electron chi connectivity index (χ0n) is 11.6. The summed E-state index contributed by atoms with van der Waals surface area (Å²) in [7, 11) is 0. The molecule has 0 spiro atoms. The van der Waals surface area contributed by atoms with Gasteiger partial charge < -0.3 is 5.32 Å². The largest absolute Gasteiger partial charge is 0.316 e. The minimum Gasteiger partial charge on any atom is -0.316 e. The van der Waals surface area contributed by atoms with E-state index in [0.29, 0.717) is 0 Å². The van der Waals surface area contributed by atoms with Crippen molar-refractivity contribution < 1.29 is 0 Å². The number of hydrogen-bond donors (Lipinski definition) is 1. The number of nitrogens with one attached hydrogen (secondary N) is 1. The minimum absolute atomic E-state index is 0.785. The summed E-state index contributed by atoms with van der Waals surface area (Å²) in [6.07, 6.45) is 10.3. The molecule has 0 aromatic carbocycles. The summed E-state index contributed by atoms with van der Waals surface area (Å²) in [5.74, 6) is 2.73. The summed E-state index contributed by atoms with van der Waals surface area (Å²) in [5, 5.41) is 3.57. The van der Waals surface area contributed by atoms with Crippen LogP contribution in [-0.4, -0.2) is 13.1 Å². The third-order valence-corrected chi connectivity index (χ3v) is 4.03. The summed E-state index contributed by atoms with van der Waals surface area (Å²) in [4.78, 5) is 0. The van der Waals surface area contributed by atoms with Crippen molar-refractivity contribution >= 4 is 0 Å². The molecule has 1 fully saturated rings. The van der Waals surface area contributed by atoms with Crippen LogP contribution in [0.25, 0.3) is 0 Å². The van der Waals surface area contributed by atoms with E-state index in [1.54, 1.807) is 0 Å². The second-order valence-corrected chi connectivity index (χ2v) is 6.12. The Bertz CT molecular complexity index is 157. The van der Waals surface area contributed by atoms with Crippen molar-refractivity contribution in [3.63, 3.8) is 0 Å². The lowest BCUT2D eigenvalue weighted by Crippen LogP contribution is -2.24. The van der Waals surface area contributed by atoms with Crippen LogP contribution in [0.4, 0.5) is 0 Å². The molecular formula is C15H31N. The minimum atomic E-state index is 0.785. The summed E-state index contributed by atoms with van der Waals surface area (Å²) < 4.78 is 0. The summed E-state index contributed by atoms with van der Waals surface area (Å²) >= 11 is 0. The summed E-state index contributed by atoms with van der Waals surface area (Å²) in [5.41, 5.74) is 0. The van der Waals surface area contributed by atoms with E-state index in [-0.39, 0.29) is 0 Å². The Kier molecular flexibility index (Phi) is 7.11. The van der Waals surface area contributed by atoms with Gasteiger partial charge in [0, 0.05) is 0 Å². The van der Waals surface area contributed by atoms with Crippen molar-refractivity contribution in [3.8, 4) is 0 Å². The van der Waals surface area contributed by atoms with Crippen molar-refractivity contribution in [2.24, 2.45) is 17.8 Å². The highest BCUT2D eigenvalue weighted by atomic mass is 14.8. The van der Waals surface area contributed by atoms with Crippen molar-refractivity contribution in [3.05, 3.63) is 0 Å². The highest BCUT2D eigenvalue weighted by Gasteiger charge is 2.18. The van der Waals surface area contributed by atoms with Crippen LogP contribution in [0.3, 0.4) is 0 Å². The van der Waals surface area contributed by atoms with Gasteiger partial charge in [-0.1, -0.05) is 59.3 Å². The Morgan fingerprint density at radius 2 is 1.62 bits per heavy atom. The number of hydrogen-bond acceptors (Lipinski definition) is 1. The van der Waals surface area contributed by atoms with Crippen molar-refractivity contribution in [2.75, 3.05) is 13.1 Å². The van der Waals surface area contributed by atoms with Crippen LogP contribution in [0.2, 0.25) is 0 Å². The Balaban J connectivity index is 2.10. The Morgan fingerprint density at radius 3 is 2.19 bits per heavy atom. The molecule has 1 unspecified atom stereocenters. The van der Waals surface area contributed by atoms with Crippen LogP contribution in [0.5, 0.6) is 0 Å². The highest BCUT2D eigenvalue weighted by Crippen LogP contribution is 2.30. The quantitative estimate of drug-likeness (QED) is 0.527. The fraction of sp³-hybridized carbons (Fsp3) is 1.00. The van der Waals surface area contributed by atoms with E-state index < -0.39 is 0 Å². The predicted octanol–water partition coefficient (Wildman–Crippen LogP) is 4.23. The SMILES string of the molecule is CC(C)CNCCC(C)C1CCCCCC1. The first-order valence-electron chi connectivity index (χ1n) is 7.41. The Morgan fingerprint density at radius 1 is 1.00 bits per heavy atom. The second kappa shape index (κ2) is 8.11. The smallest absolute Gasteiger partial charge is 0.00258 e. The second-order valence-electron chi connectivity index (χ2n) is 6.12. The van der Waals surface area contributed by atoms with Crippen molar-refractivity contribution in [1.29, 1.82) is 0 Å². The summed E-state index contributed by atoms with van der Waals surface area (Å²) in [6.45, 7) is 9.42. The van der Waals surface area contributed by atoms with Gasteiger partial charge in [0.05, 0.1) is 0 Å². The van der Waals surface area contributed by atoms with E-state index in [2.05, 4.69) is 26.1 Å². The average Bonchev–Trinajstić information content (AvgIpc) is 2.52. The molecule has 0 aliphatic heterocycles. The molecule has 1 heteroatoms. The molecule has 16 heavy (non-hydrogen) atoms. The fourth-order valence-corrected chi connectivity index (χ4v) is 2.84. The molecule has 96 valence electrons. The van der Waals surface area contributed by atoms with Gasteiger partial charge in [-0.3, -0.25) is 0 Å². The molecule has 1 nitrogen and oxygen atoms in total. The topological polar surface area (TPSA) is 12.0 Å². The van der Waals surface area contributed by atoms with Crippen LogP contribution in [-0.2, 0) is 0 Å². The van der Waals surface area contributed by atoms with Crippen molar-refractivity contribution in [2.45, 2.75) is 65.7 Å². The van der Waals surface area contributed by atoms with Crippen LogP contribution in [0.1, 0.15) is 65.7 Å². The van der Waals surface area contributed by atoms with Gasteiger partial charge in [0.15, 0.2) is 0 Å². The molecule has 1 atom stereocenters. The standard InChI is InChI=1S/C15H31N/c1-13(2)12-16-11-10-14(3)15-8-6-4-5-7-9-15/h13-16H,4-12H2,1-3H3. The van der Waals surface area contributed by atoms with Gasteiger partial charge in [-0.15, -0.1) is 0 Å². The zero-order chi connectivity index (χ0) is 11.8. The van der Waals surface area contributed by atoms with Crippen LogP contribution in [0.15, 0.2) is 0 Å². The molecule has 1 aliphatic rings. The van der Waals surface area contributed by atoms with Gasteiger partial charge in [-0.2, -0.15) is 0 Å². The van der Waals surface area contributed by atoms with Crippen LogP contribution >= 0.6 is 0 Å². The van der Waals surface area contributed by atoms with E-state index in [1.807, 2.05) is 0 Å². The van der Waals surface area contributed by atoms with Gasteiger partial charge in [-0.25, -0.2) is 0 Å². The molecule has 0 radical (unpaired) electrons. The molecule has 0 aromatic rings. The number of rotatable bonds is 6. The molecule has 1 aliphatic carbocycles. The molecule has 0 bridgehead atoms. The molecule has 0 amide bonds. The maximum Gasteiger partial charge on any atom is -0.00258 e. The van der Waals surface area contributed by atoms with Crippen LogP contribution in [0, 0.1) is 17.8 Å². The molecule has 0 saturated heterocycles.